The fourth-order valence-electron chi connectivity index (χ4n) is 0. The van der Waals surface area contributed by atoms with Crippen molar-refractivity contribution < 1.29 is 0 Å². The van der Waals surface area contributed by atoms with Crippen molar-refractivity contribution in [3.8, 4) is 0 Å². The van der Waals surface area contributed by atoms with Crippen molar-refractivity contribution in [2.75, 3.05) is 0 Å². The Bertz CT molecular complexity index is 19.1. The maximum atomic E-state index is 2.55. The Morgan fingerprint density at radius 3 is 0.800 bits per heavy atom. The molecule has 0 amide bonds. The summed E-state index contributed by atoms with van der Waals surface area (Å²) in [6.45, 7) is 0. The van der Waals surface area contributed by atoms with Gasteiger partial charge in [0, 0.05) is 0 Å². The summed E-state index contributed by atoms with van der Waals surface area (Å²) in [5, 5.41) is 0. The van der Waals surface area contributed by atoms with Crippen LogP contribution in [0.1, 0.15) is 0 Å². The van der Waals surface area contributed by atoms with Gasteiger partial charge in [0.25, 0.3) is 0 Å². The summed E-state index contributed by atoms with van der Waals surface area (Å²) in [5.74, 6) is 0. The standard InChI is InChI=1S/4HI.Sn/h4*1H;/q;;;;+4/p-4. The Hall–Kier alpha value is 3.72. The molecule has 0 aromatic carbocycles. The summed E-state index contributed by atoms with van der Waals surface area (Å²) in [5.41, 5.74) is 0. The van der Waals surface area contributed by atoms with Crippen LogP contribution < -0.4 is 0 Å². The van der Waals surface area contributed by atoms with E-state index < -0.39 is 2.50 Å². The zero-order valence-electron chi connectivity index (χ0n) is 2.01. The van der Waals surface area contributed by atoms with Crippen molar-refractivity contribution in [1.29, 1.82) is 0 Å². The zero-order valence-corrected chi connectivity index (χ0v) is 13.5. The Morgan fingerprint density at radius 1 is 0.800 bits per heavy atom. The summed E-state index contributed by atoms with van der Waals surface area (Å²) in [7, 11) is 0. The van der Waals surface area contributed by atoms with E-state index in [1.54, 1.807) is 0 Å². The number of hydrogen-bond acceptors (Lipinski definition) is 0. The molecule has 0 nitrogen and oxygen atoms in total. The topological polar surface area (TPSA) is 0 Å². The summed E-state index contributed by atoms with van der Waals surface area (Å²) in [4.78, 5) is 0. The van der Waals surface area contributed by atoms with E-state index in [0.29, 0.717) is 0 Å². The van der Waals surface area contributed by atoms with Crippen molar-refractivity contribution >= 4 is 77.0 Å². The van der Waals surface area contributed by atoms with Crippen LogP contribution in [0, 0.1) is 0 Å². The van der Waals surface area contributed by atoms with Crippen LogP contribution >= 0.6 is 74.5 Å². The molecule has 0 rings (SSSR count). The Labute approximate surface area is 74.2 Å². The van der Waals surface area contributed by atoms with Gasteiger partial charge in [-0.3, -0.25) is 0 Å². The third-order valence-electron chi connectivity index (χ3n) is 0. The van der Waals surface area contributed by atoms with Crippen LogP contribution in [0.15, 0.2) is 0 Å². The van der Waals surface area contributed by atoms with E-state index in [0.717, 1.165) is 0 Å². The summed E-state index contributed by atoms with van der Waals surface area (Å²) in [6, 6.07) is 0. The second kappa shape index (κ2) is 3.69. The van der Waals surface area contributed by atoms with Gasteiger partial charge >= 0.3 is 77.0 Å². The van der Waals surface area contributed by atoms with Crippen LogP contribution in [0.4, 0.5) is 0 Å². The van der Waals surface area contributed by atoms with E-state index >= 15 is 0 Å². The van der Waals surface area contributed by atoms with Gasteiger partial charge < -0.3 is 0 Å². The first-order valence-electron chi connectivity index (χ1n) is 0.756. The molecule has 0 aliphatic rings. The van der Waals surface area contributed by atoms with E-state index in [1.165, 1.54) is 0 Å². The van der Waals surface area contributed by atoms with Crippen LogP contribution in [-0.2, 0) is 0 Å². The van der Waals surface area contributed by atoms with E-state index in [-0.39, 0.29) is 0 Å². The van der Waals surface area contributed by atoms with Crippen LogP contribution in [0.2, 0.25) is 0 Å². The van der Waals surface area contributed by atoms with Crippen molar-refractivity contribution in [1.82, 2.24) is 0 Å². The molecular weight excluding hydrogens is 626 g/mol. The molecule has 0 aromatic heterocycles. The van der Waals surface area contributed by atoms with Gasteiger partial charge in [-0.05, 0) is 0 Å². The molecule has 0 saturated carbocycles. The van der Waals surface area contributed by atoms with Gasteiger partial charge in [-0.15, -0.1) is 0 Å². The second-order valence-electron chi connectivity index (χ2n) is 0.429. The van der Waals surface area contributed by atoms with E-state index in [4.69, 9.17) is 0 Å². The van der Waals surface area contributed by atoms with Crippen molar-refractivity contribution in [2.24, 2.45) is 0 Å². The van der Waals surface area contributed by atoms with Crippen molar-refractivity contribution in [3.63, 3.8) is 0 Å². The molecule has 0 heterocycles. The predicted octanol–water partition coefficient (Wildman–Crippen LogP) is 3.16. The number of halogens is 4. The predicted molar refractivity (Wildman–Crippen MR) is 61.8 cm³/mol. The molecule has 0 radical (unpaired) electrons. The molecule has 0 spiro atoms. The minimum atomic E-state index is -1.30. The van der Waals surface area contributed by atoms with Gasteiger partial charge in [-0.25, -0.2) is 0 Å². The molecule has 0 aliphatic heterocycles. The number of rotatable bonds is 0. The first-order valence-corrected chi connectivity index (χ1v) is 34.0. The van der Waals surface area contributed by atoms with Crippen LogP contribution in [0.25, 0.3) is 0 Å². The van der Waals surface area contributed by atoms with Crippen LogP contribution in [0.3, 0.4) is 0 Å². The average Bonchev–Trinajstić information content (AvgIpc) is 0.722. The van der Waals surface area contributed by atoms with Crippen molar-refractivity contribution in [2.45, 2.75) is 0 Å². The fraction of sp³-hybridized carbons (Fsp3) is 0. The number of hydrogen-bond donors (Lipinski definition) is 0. The van der Waals surface area contributed by atoms with Gasteiger partial charge in [0.15, 0.2) is 0 Å². The minimum absolute atomic E-state index is 1.30. The monoisotopic (exact) mass is 628 g/mol. The molecule has 0 aromatic rings. The molecule has 5 heavy (non-hydrogen) atoms. The molecular formula is I4Sn. The fourth-order valence-corrected chi connectivity index (χ4v) is 0. The molecule has 0 fully saturated rings. The van der Waals surface area contributed by atoms with Gasteiger partial charge in [0.2, 0.25) is 0 Å². The van der Waals surface area contributed by atoms with Gasteiger partial charge in [-0.1, -0.05) is 0 Å². The zero-order chi connectivity index (χ0) is 4.50. The summed E-state index contributed by atoms with van der Waals surface area (Å²) >= 11 is 10.2. The Balaban J connectivity index is 3.02. The molecule has 0 unspecified atom stereocenters. The molecule has 0 saturated heterocycles. The third-order valence-corrected chi connectivity index (χ3v) is 0. The molecule has 0 atom stereocenters. The van der Waals surface area contributed by atoms with E-state index in [9.17, 15) is 0 Å². The first-order chi connectivity index (χ1) is 2.00. The first kappa shape index (κ1) is 8.72. The van der Waals surface area contributed by atoms with E-state index in [2.05, 4.69) is 74.5 Å². The second-order valence-corrected chi connectivity index (χ2v) is 129. The van der Waals surface area contributed by atoms with Crippen molar-refractivity contribution in [3.05, 3.63) is 0 Å². The van der Waals surface area contributed by atoms with Crippen LogP contribution in [0.5, 0.6) is 0 Å². The maximum absolute atomic E-state index is 2.55. The Kier molecular flexibility index (Phi) is 6.43. The van der Waals surface area contributed by atoms with Gasteiger partial charge in [0.1, 0.15) is 0 Å². The van der Waals surface area contributed by atoms with E-state index in [1.807, 2.05) is 0 Å². The van der Waals surface area contributed by atoms with Gasteiger partial charge in [0.05, 0.1) is 0 Å². The molecule has 5 heteroatoms. The third kappa shape index (κ3) is 18.3. The molecule has 0 bridgehead atoms. The normalized spacial score (nSPS) is 12.0. The molecule has 32 valence electrons. The Morgan fingerprint density at radius 2 is 0.800 bits per heavy atom. The molecule has 0 N–H and O–H groups in total. The van der Waals surface area contributed by atoms with Crippen LogP contribution in [-0.4, -0.2) is 2.50 Å². The molecule has 0 aliphatic carbocycles. The summed E-state index contributed by atoms with van der Waals surface area (Å²) in [6.07, 6.45) is 0. The summed E-state index contributed by atoms with van der Waals surface area (Å²) < 4.78 is -1.30. The quantitative estimate of drug-likeness (QED) is 0.287. The average molecular weight is 626 g/mol. The van der Waals surface area contributed by atoms with Gasteiger partial charge in [-0.2, -0.15) is 0 Å². The SMILES string of the molecule is [I][Sn]([I])([I])[I].